The predicted octanol–water partition coefficient (Wildman–Crippen LogP) is 2.74. The van der Waals surface area contributed by atoms with E-state index in [1.165, 1.54) is 18.4 Å². The molecule has 0 saturated carbocycles. The van der Waals surface area contributed by atoms with E-state index in [1.54, 1.807) is 0 Å². The van der Waals surface area contributed by atoms with Gasteiger partial charge in [-0.2, -0.15) is 0 Å². The molecule has 5 nitrogen and oxygen atoms in total. The molecule has 6 heteroatoms. The minimum absolute atomic E-state index is 0.141. The Balaban J connectivity index is 1.68. The van der Waals surface area contributed by atoms with Crippen LogP contribution in [0.1, 0.15) is 10.6 Å². The van der Waals surface area contributed by atoms with Crippen LogP contribution in [0.15, 0.2) is 54.6 Å². The maximum atomic E-state index is 12.4. The highest BCUT2D eigenvalue weighted by atomic mass is 32.1. The summed E-state index contributed by atoms with van der Waals surface area (Å²) in [6.07, 6.45) is 0.529. The molecule has 1 aromatic heterocycles. The molecule has 1 unspecified atom stereocenters. The summed E-state index contributed by atoms with van der Waals surface area (Å²) in [6.45, 7) is 0. The molecular formula is C19H18N2O3S. The summed E-state index contributed by atoms with van der Waals surface area (Å²) in [5, 5.41) is 3.49. The fourth-order valence-electron chi connectivity index (χ4n) is 2.56. The van der Waals surface area contributed by atoms with Gasteiger partial charge in [-0.05, 0) is 17.7 Å². The number of esters is 1. The van der Waals surface area contributed by atoms with Crippen molar-refractivity contribution in [2.45, 2.75) is 18.9 Å². The number of thiazole rings is 1. The van der Waals surface area contributed by atoms with Gasteiger partial charge in [-0.1, -0.05) is 42.5 Å². The van der Waals surface area contributed by atoms with Crippen molar-refractivity contribution in [2.75, 3.05) is 7.11 Å². The van der Waals surface area contributed by atoms with Gasteiger partial charge in [-0.25, -0.2) is 9.78 Å². The minimum atomic E-state index is -0.714. The van der Waals surface area contributed by atoms with Crippen molar-refractivity contribution in [3.8, 4) is 0 Å². The fourth-order valence-corrected chi connectivity index (χ4v) is 3.53. The topological polar surface area (TPSA) is 68.3 Å². The third-order valence-corrected chi connectivity index (χ3v) is 4.79. The Hall–Kier alpha value is -2.73. The first-order valence-corrected chi connectivity index (χ1v) is 8.73. The molecule has 3 aromatic rings. The highest BCUT2D eigenvalue weighted by molar-refractivity contribution is 7.18. The van der Waals surface area contributed by atoms with Crippen molar-refractivity contribution < 1.29 is 14.3 Å². The number of carbonyl (C=O) groups excluding carboxylic acids is 2. The summed E-state index contributed by atoms with van der Waals surface area (Å²) in [7, 11) is 1.32. The van der Waals surface area contributed by atoms with E-state index in [9.17, 15) is 9.59 Å². The van der Waals surface area contributed by atoms with Gasteiger partial charge >= 0.3 is 5.97 Å². The Morgan fingerprint density at radius 2 is 1.84 bits per heavy atom. The lowest BCUT2D eigenvalue weighted by molar-refractivity contribution is -0.145. The fraction of sp³-hybridized carbons (Fsp3) is 0.211. The number of hydrogen-bond acceptors (Lipinski definition) is 5. The van der Waals surface area contributed by atoms with Gasteiger partial charge in [0, 0.05) is 6.42 Å². The van der Waals surface area contributed by atoms with Crippen LogP contribution in [0, 0.1) is 0 Å². The molecule has 0 bridgehead atoms. The van der Waals surface area contributed by atoms with Crippen molar-refractivity contribution >= 4 is 33.4 Å². The molecule has 0 saturated heterocycles. The maximum Gasteiger partial charge on any atom is 0.328 e. The Morgan fingerprint density at radius 1 is 1.12 bits per heavy atom. The van der Waals surface area contributed by atoms with Gasteiger partial charge in [0.1, 0.15) is 11.0 Å². The molecule has 25 heavy (non-hydrogen) atoms. The lowest BCUT2D eigenvalue weighted by atomic mass is 10.1. The van der Waals surface area contributed by atoms with E-state index in [0.29, 0.717) is 6.42 Å². The molecule has 0 aliphatic carbocycles. The van der Waals surface area contributed by atoms with Crippen LogP contribution in [-0.2, 0) is 27.2 Å². The molecule has 0 spiro atoms. The quantitative estimate of drug-likeness (QED) is 0.691. The number of aromatic nitrogens is 1. The third kappa shape index (κ3) is 4.42. The minimum Gasteiger partial charge on any atom is -0.467 e. The summed E-state index contributed by atoms with van der Waals surface area (Å²) in [4.78, 5) is 28.8. The average molecular weight is 354 g/mol. The normalized spacial score (nSPS) is 11.9. The number of ether oxygens (including phenoxy) is 1. The van der Waals surface area contributed by atoms with Crippen LogP contribution in [0.3, 0.4) is 0 Å². The van der Waals surface area contributed by atoms with E-state index < -0.39 is 12.0 Å². The Labute approximate surface area is 149 Å². The number of para-hydroxylation sites is 1. The molecule has 0 fully saturated rings. The van der Waals surface area contributed by atoms with Gasteiger partial charge in [-0.15, -0.1) is 11.3 Å². The summed E-state index contributed by atoms with van der Waals surface area (Å²) in [5.41, 5.74) is 1.84. The zero-order valence-corrected chi connectivity index (χ0v) is 14.6. The van der Waals surface area contributed by atoms with Gasteiger partial charge in [0.25, 0.3) is 0 Å². The average Bonchev–Trinajstić information content (AvgIpc) is 3.03. The van der Waals surface area contributed by atoms with Crippen LogP contribution < -0.4 is 5.32 Å². The molecule has 0 aliphatic heterocycles. The highest BCUT2D eigenvalue weighted by Gasteiger charge is 2.22. The van der Waals surface area contributed by atoms with Crippen molar-refractivity contribution in [3.05, 3.63) is 65.2 Å². The standard InChI is InChI=1S/C19H18N2O3S/c1-24-19(23)15(11-13-7-3-2-4-8-13)20-17(22)12-18-21-14-9-5-6-10-16(14)25-18/h2-10,15H,11-12H2,1H3,(H,20,22). The number of hydrogen-bond donors (Lipinski definition) is 1. The first-order chi connectivity index (χ1) is 12.2. The Bertz CT molecular complexity index is 844. The molecule has 1 heterocycles. The molecular weight excluding hydrogens is 336 g/mol. The molecule has 128 valence electrons. The predicted molar refractivity (Wildman–Crippen MR) is 97.4 cm³/mol. The third-order valence-electron chi connectivity index (χ3n) is 3.75. The molecule has 1 atom stereocenters. The largest absolute Gasteiger partial charge is 0.467 e. The first-order valence-electron chi connectivity index (χ1n) is 7.91. The van der Waals surface area contributed by atoms with Gasteiger partial charge in [0.05, 0.1) is 23.7 Å². The Morgan fingerprint density at radius 3 is 2.56 bits per heavy atom. The van der Waals surface area contributed by atoms with Crippen LogP contribution in [-0.4, -0.2) is 30.0 Å². The lowest BCUT2D eigenvalue weighted by Gasteiger charge is -2.16. The second kappa shape index (κ2) is 7.90. The van der Waals surface area contributed by atoms with E-state index in [-0.39, 0.29) is 12.3 Å². The molecule has 3 rings (SSSR count). The lowest BCUT2D eigenvalue weighted by Crippen LogP contribution is -2.43. The molecule has 0 radical (unpaired) electrons. The van der Waals surface area contributed by atoms with E-state index in [0.717, 1.165) is 20.8 Å². The van der Waals surface area contributed by atoms with Crippen LogP contribution in [0.4, 0.5) is 0 Å². The van der Waals surface area contributed by atoms with Crippen LogP contribution >= 0.6 is 11.3 Å². The monoisotopic (exact) mass is 354 g/mol. The second-order valence-electron chi connectivity index (χ2n) is 5.59. The number of nitrogens with one attached hydrogen (secondary N) is 1. The van der Waals surface area contributed by atoms with Crippen molar-refractivity contribution in [1.82, 2.24) is 10.3 Å². The van der Waals surface area contributed by atoms with E-state index >= 15 is 0 Å². The van der Waals surface area contributed by atoms with Gasteiger partial charge in [-0.3, -0.25) is 4.79 Å². The highest BCUT2D eigenvalue weighted by Crippen LogP contribution is 2.21. The summed E-state index contributed by atoms with van der Waals surface area (Å²) in [6, 6.07) is 16.6. The number of carbonyl (C=O) groups is 2. The zero-order valence-electron chi connectivity index (χ0n) is 13.8. The number of fused-ring (bicyclic) bond motifs is 1. The Kier molecular flexibility index (Phi) is 5.40. The van der Waals surface area contributed by atoms with E-state index in [4.69, 9.17) is 4.74 Å². The van der Waals surface area contributed by atoms with Crippen molar-refractivity contribution in [3.63, 3.8) is 0 Å². The van der Waals surface area contributed by atoms with E-state index in [2.05, 4.69) is 10.3 Å². The molecule has 1 N–H and O–H groups in total. The summed E-state index contributed by atoms with van der Waals surface area (Å²) in [5.74, 6) is -0.702. The molecule has 0 aliphatic rings. The van der Waals surface area contributed by atoms with E-state index in [1.807, 2.05) is 54.6 Å². The van der Waals surface area contributed by atoms with Crippen LogP contribution in [0.5, 0.6) is 0 Å². The number of methoxy groups -OCH3 is 1. The van der Waals surface area contributed by atoms with Gasteiger partial charge < -0.3 is 10.1 Å². The van der Waals surface area contributed by atoms with Crippen molar-refractivity contribution in [1.29, 1.82) is 0 Å². The first kappa shape index (κ1) is 17.1. The second-order valence-corrected chi connectivity index (χ2v) is 6.70. The number of rotatable bonds is 6. The number of benzene rings is 2. The number of amides is 1. The van der Waals surface area contributed by atoms with Crippen LogP contribution in [0.25, 0.3) is 10.2 Å². The summed E-state index contributed by atoms with van der Waals surface area (Å²) < 4.78 is 5.86. The zero-order chi connectivity index (χ0) is 17.6. The summed E-state index contributed by atoms with van der Waals surface area (Å²) >= 11 is 1.48. The number of nitrogens with zero attached hydrogens (tertiary/aromatic N) is 1. The van der Waals surface area contributed by atoms with Crippen LogP contribution in [0.2, 0.25) is 0 Å². The van der Waals surface area contributed by atoms with Crippen molar-refractivity contribution in [2.24, 2.45) is 0 Å². The van der Waals surface area contributed by atoms with Gasteiger partial charge in [0.2, 0.25) is 5.91 Å². The smallest absolute Gasteiger partial charge is 0.328 e. The van der Waals surface area contributed by atoms with Gasteiger partial charge in [0.15, 0.2) is 0 Å². The maximum absolute atomic E-state index is 12.4. The molecule has 2 aromatic carbocycles. The SMILES string of the molecule is COC(=O)C(Cc1ccccc1)NC(=O)Cc1nc2ccccc2s1. The molecule has 1 amide bonds.